The maximum atomic E-state index is 12.3. The Hall–Kier alpha value is -1.88. The Bertz CT molecular complexity index is 553. The van der Waals surface area contributed by atoms with Crippen LogP contribution in [-0.2, 0) is 16.1 Å². The number of rotatable bonds is 7. The van der Waals surface area contributed by atoms with Crippen LogP contribution < -0.4 is 16.4 Å². The number of amides is 2. The third-order valence-electron chi connectivity index (χ3n) is 4.57. The normalized spacial score (nSPS) is 16.4. The fourth-order valence-corrected chi connectivity index (χ4v) is 3.13. The zero-order chi connectivity index (χ0) is 17.4. The average Bonchev–Trinajstić information content (AvgIpc) is 2.61. The van der Waals surface area contributed by atoms with E-state index in [1.54, 1.807) is 0 Å². The van der Waals surface area contributed by atoms with Crippen LogP contribution in [0.1, 0.15) is 57.4 Å². The molecule has 1 aromatic rings. The molecule has 5 nitrogen and oxygen atoms in total. The largest absolute Gasteiger partial charge is 0.351 e. The van der Waals surface area contributed by atoms with Crippen molar-refractivity contribution in [2.45, 2.75) is 64.5 Å². The van der Waals surface area contributed by atoms with E-state index in [0.29, 0.717) is 13.0 Å². The van der Waals surface area contributed by atoms with Gasteiger partial charge in [0.15, 0.2) is 0 Å². The number of hydrogen-bond acceptors (Lipinski definition) is 3. The van der Waals surface area contributed by atoms with E-state index in [2.05, 4.69) is 10.6 Å². The van der Waals surface area contributed by atoms with Crippen LogP contribution in [0.25, 0.3) is 0 Å². The minimum absolute atomic E-state index is 0.112. The highest BCUT2D eigenvalue weighted by Crippen LogP contribution is 2.25. The molecule has 0 radical (unpaired) electrons. The summed E-state index contributed by atoms with van der Waals surface area (Å²) in [6, 6.07) is 7.16. The molecule has 1 fully saturated rings. The Balaban J connectivity index is 1.86. The second-order valence-corrected chi connectivity index (χ2v) is 6.64. The Labute approximate surface area is 144 Å². The van der Waals surface area contributed by atoms with Gasteiger partial charge in [0.2, 0.25) is 11.8 Å². The minimum atomic E-state index is -0.454. The highest BCUT2D eigenvalue weighted by Gasteiger charge is 2.21. The molecule has 2 amide bonds. The summed E-state index contributed by atoms with van der Waals surface area (Å²) in [6.45, 7) is 2.43. The standard InChI is InChI=1S/C19H29N3O2/c1-2-7-17(20)19(24)21-13-14-8-6-11-16(12-14)22-18(23)15-9-4-3-5-10-15/h6,8,11-12,15,17H,2-5,7,9-10,13,20H2,1H3,(H,21,24)(H,22,23). The zero-order valence-electron chi connectivity index (χ0n) is 14.5. The molecule has 1 saturated carbocycles. The van der Waals surface area contributed by atoms with Crippen LogP contribution in [0.15, 0.2) is 24.3 Å². The van der Waals surface area contributed by atoms with Crippen molar-refractivity contribution in [3.8, 4) is 0 Å². The van der Waals surface area contributed by atoms with Crippen LogP contribution in [0.3, 0.4) is 0 Å². The van der Waals surface area contributed by atoms with E-state index in [1.165, 1.54) is 6.42 Å². The molecule has 1 aliphatic carbocycles. The molecule has 4 N–H and O–H groups in total. The van der Waals surface area contributed by atoms with Crippen molar-refractivity contribution in [2.24, 2.45) is 11.7 Å². The molecule has 5 heteroatoms. The van der Waals surface area contributed by atoms with Crippen LogP contribution in [0, 0.1) is 5.92 Å². The van der Waals surface area contributed by atoms with Gasteiger partial charge in [-0.05, 0) is 37.0 Å². The van der Waals surface area contributed by atoms with Crippen LogP contribution in [-0.4, -0.2) is 17.9 Å². The van der Waals surface area contributed by atoms with Gasteiger partial charge in [0.25, 0.3) is 0 Å². The summed E-state index contributed by atoms with van der Waals surface area (Å²) in [5, 5.41) is 5.86. The van der Waals surface area contributed by atoms with Gasteiger partial charge in [0.1, 0.15) is 0 Å². The summed E-state index contributed by atoms with van der Waals surface area (Å²) in [5.41, 5.74) is 7.54. The van der Waals surface area contributed by atoms with E-state index in [-0.39, 0.29) is 17.7 Å². The summed E-state index contributed by atoms with van der Waals surface area (Å²) in [5.74, 6) is 0.114. The number of benzene rings is 1. The molecule has 0 aromatic heterocycles. The van der Waals surface area contributed by atoms with E-state index >= 15 is 0 Å². The van der Waals surface area contributed by atoms with Crippen LogP contribution in [0.4, 0.5) is 5.69 Å². The van der Waals surface area contributed by atoms with Gasteiger partial charge < -0.3 is 16.4 Å². The lowest BCUT2D eigenvalue weighted by molar-refractivity contribution is -0.122. The van der Waals surface area contributed by atoms with Crippen molar-refractivity contribution in [1.82, 2.24) is 5.32 Å². The highest BCUT2D eigenvalue weighted by molar-refractivity contribution is 5.92. The van der Waals surface area contributed by atoms with E-state index in [1.807, 2.05) is 31.2 Å². The first-order valence-corrected chi connectivity index (χ1v) is 9.03. The van der Waals surface area contributed by atoms with Gasteiger partial charge in [-0.1, -0.05) is 44.7 Å². The SMILES string of the molecule is CCCC(N)C(=O)NCc1cccc(NC(=O)C2CCCCC2)c1. The first kappa shape index (κ1) is 18.5. The second kappa shape index (κ2) is 9.42. The highest BCUT2D eigenvalue weighted by atomic mass is 16.2. The van der Waals surface area contributed by atoms with Gasteiger partial charge in [-0.3, -0.25) is 9.59 Å². The fraction of sp³-hybridized carbons (Fsp3) is 0.579. The third kappa shape index (κ3) is 5.64. The molecule has 1 unspecified atom stereocenters. The van der Waals surface area contributed by atoms with Crippen molar-refractivity contribution in [1.29, 1.82) is 0 Å². The zero-order valence-corrected chi connectivity index (χ0v) is 14.5. The van der Waals surface area contributed by atoms with Gasteiger partial charge in [0.05, 0.1) is 6.04 Å². The quantitative estimate of drug-likeness (QED) is 0.718. The van der Waals surface area contributed by atoms with Crippen molar-refractivity contribution in [3.05, 3.63) is 29.8 Å². The summed E-state index contributed by atoms with van der Waals surface area (Å²) < 4.78 is 0. The molecule has 132 valence electrons. The maximum absolute atomic E-state index is 12.3. The molecule has 0 spiro atoms. The summed E-state index contributed by atoms with van der Waals surface area (Å²) >= 11 is 0. The molecule has 0 saturated heterocycles. The topological polar surface area (TPSA) is 84.2 Å². The predicted octanol–water partition coefficient (Wildman–Crippen LogP) is 2.95. The monoisotopic (exact) mass is 331 g/mol. The molecule has 0 heterocycles. The van der Waals surface area contributed by atoms with Gasteiger partial charge in [-0.25, -0.2) is 0 Å². The van der Waals surface area contributed by atoms with E-state index in [0.717, 1.165) is 43.4 Å². The van der Waals surface area contributed by atoms with Crippen molar-refractivity contribution in [3.63, 3.8) is 0 Å². The van der Waals surface area contributed by atoms with Gasteiger partial charge in [-0.15, -0.1) is 0 Å². The van der Waals surface area contributed by atoms with Gasteiger partial charge in [0, 0.05) is 18.2 Å². The number of carbonyl (C=O) groups is 2. The number of nitrogens with one attached hydrogen (secondary N) is 2. The lowest BCUT2D eigenvalue weighted by Gasteiger charge is -2.21. The summed E-state index contributed by atoms with van der Waals surface area (Å²) in [7, 11) is 0. The van der Waals surface area contributed by atoms with Crippen molar-refractivity contribution < 1.29 is 9.59 Å². The number of hydrogen-bond donors (Lipinski definition) is 3. The molecule has 1 atom stereocenters. The maximum Gasteiger partial charge on any atom is 0.237 e. The van der Waals surface area contributed by atoms with E-state index in [9.17, 15) is 9.59 Å². The third-order valence-corrected chi connectivity index (χ3v) is 4.57. The molecular weight excluding hydrogens is 302 g/mol. The van der Waals surface area contributed by atoms with Crippen LogP contribution >= 0.6 is 0 Å². The Morgan fingerprint density at radius 2 is 2.00 bits per heavy atom. The van der Waals surface area contributed by atoms with Crippen molar-refractivity contribution >= 4 is 17.5 Å². The lowest BCUT2D eigenvalue weighted by atomic mass is 9.88. The predicted molar refractivity (Wildman–Crippen MR) is 96.4 cm³/mol. The average molecular weight is 331 g/mol. The van der Waals surface area contributed by atoms with E-state index < -0.39 is 6.04 Å². The number of nitrogens with two attached hydrogens (primary N) is 1. The smallest absolute Gasteiger partial charge is 0.237 e. The van der Waals surface area contributed by atoms with Crippen LogP contribution in [0.5, 0.6) is 0 Å². The number of anilines is 1. The Morgan fingerprint density at radius 3 is 2.71 bits per heavy atom. The first-order valence-electron chi connectivity index (χ1n) is 9.03. The molecule has 2 rings (SSSR count). The molecule has 24 heavy (non-hydrogen) atoms. The van der Waals surface area contributed by atoms with Crippen LogP contribution in [0.2, 0.25) is 0 Å². The summed E-state index contributed by atoms with van der Waals surface area (Å²) in [4.78, 5) is 24.2. The lowest BCUT2D eigenvalue weighted by Crippen LogP contribution is -2.40. The minimum Gasteiger partial charge on any atom is -0.351 e. The molecular formula is C19H29N3O2. The van der Waals surface area contributed by atoms with Gasteiger partial charge >= 0.3 is 0 Å². The molecule has 1 aliphatic rings. The fourth-order valence-electron chi connectivity index (χ4n) is 3.13. The molecule has 0 aliphatic heterocycles. The van der Waals surface area contributed by atoms with Crippen molar-refractivity contribution in [2.75, 3.05) is 5.32 Å². The molecule has 1 aromatic carbocycles. The Kier molecular flexibility index (Phi) is 7.25. The molecule has 0 bridgehead atoms. The second-order valence-electron chi connectivity index (χ2n) is 6.64. The van der Waals surface area contributed by atoms with E-state index in [4.69, 9.17) is 5.73 Å². The van der Waals surface area contributed by atoms with Gasteiger partial charge in [-0.2, -0.15) is 0 Å². The Morgan fingerprint density at radius 1 is 1.25 bits per heavy atom. The number of carbonyl (C=O) groups excluding carboxylic acids is 2. The summed E-state index contributed by atoms with van der Waals surface area (Å²) in [6.07, 6.45) is 7.05. The first-order chi connectivity index (χ1) is 11.6.